The number of hydrogen-bond donors (Lipinski definition) is 3. The number of nitrogens with zero attached hydrogens (tertiary/aromatic N) is 1. The van der Waals surface area contributed by atoms with Crippen LogP contribution in [0.5, 0.6) is 5.75 Å². The first-order valence-corrected chi connectivity index (χ1v) is 14.1. The maximum Gasteiger partial charge on any atom is 0.333 e. The van der Waals surface area contributed by atoms with Gasteiger partial charge in [0.05, 0.1) is 13.2 Å². The van der Waals surface area contributed by atoms with Crippen LogP contribution in [0.15, 0.2) is 24.3 Å². The zero-order valence-electron chi connectivity index (χ0n) is 20.0. The number of nitrogens with one attached hydrogen (secondary N) is 1. The number of ether oxygens (including phenoxy) is 1. The van der Waals surface area contributed by atoms with Gasteiger partial charge in [0, 0.05) is 18.0 Å². The van der Waals surface area contributed by atoms with Crippen LogP contribution in [0.4, 0.5) is 0 Å². The SMILES string of the molecule is COc1ccc(C(C2CCCCC2O)N2CCCCC2)cc1.O=S(=O)(O)NC1CCCCC1. The van der Waals surface area contributed by atoms with E-state index in [1.165, 1.54) is 57.2 Å². The van der Waals surface area contributed by atoms with Crippen molar-refractivity contribution in [1.82, 2.24) is 9.62 Å². The van der Waals surface area contributed by atoms with Crippen LogP contribution in [0.3, 0.4) is 0 Å². The number of rotatable bonds is 6. The van der Waals surface area contributed by atoms with Gasteiger partial charge in [0.25, 0.3) is 0 Å². The lowest BCUT2D eigenvalue weighted by Gasteiger charge is -2.43. The Hall–Kier alpha value is -1.19. The largest absolute Gasteiger partial charge is 0.497 e. The first-order chi connectivity index (χ1) is 15.9. The smallest absolute Gasteiger partial charge is 0.333 e. The summed E-state index contributed by atoms with van der Waals surface area (Å²) < 4.78 is 36.6. The van der Waals surface area contributed by atoms with Crippen molar-refractivity contribution < 1.29 is 22.8 Å². The average molecular weight is 483 g/mol. The van der Waals surface area contributed by atoms with Crippen LogP contribution < -0.4 is 9.46 Å². The highest BCUT2D eigenvalue weighted by Crippen LogP contribution is 2.40. The molecule has 0 bridgehead atoms. The molecular formula is C25H42N2O5S. The van der Waals surface area contributed by atoms with Crippen LogP contribution in [-0.2, 0) is 10.3 Å². The monoisotopic (exact) mass is 482 g/mol. The third-order valence-electron chi connectivity index (χ3n) is 7.35. The van der Waals surface area contributed by atoms with Gasteiger partial charge >= 0.3 is 10.3 Å². The third-order valence-corrected chi connectivity index (χ3v) is 7.98. The predicted octanol–water partition coefficient (Wildman–Crippen LogP) is 4.48. The predicted molar refractivity (Wildman–Crippen MR) is 131 cm³/mol. The Balaban J connectivity index is 0.000000235. The second-order valence-corrected chi connectivity index (χ2v) is 10.9. The van der Waals surface area contributed by atoms with Gasteiger partial charge in [0.1, 0.15) is 5.75 Å². The molecular weight excluding hydrogens is 440 g/mol. The van der Waals surface area contributed by atoms with Gasteiger partial charge in [-0.05, 0) is 69.3 Å². The van der Waals surface area contributed by atoms with Crippen molar-refractivity contribution >= 4 is 10.3 Å². The Kier molecular flexibility index (Phi) is 10.4. The Bertz CT molecular complexity index is 790. The summed E-state index contributed by atoms with van der Waals surface area (Å²) in [5.41, 5.74) is 1.34. The lowest BCUT2D eigenvalue weighted by molar-refractivity contribution is 0.00165. The van der Waals surface area contributed by atoms with Crippen molar-refractivity contribution in [2.75, 3.05) is 20.2 Å². The minimum absolute atomic E-state index is 0.0428. The summed E-state index contributed by atoms with van der Waals surface area (Å²) in [7, 11) is -2.26. The number of likely N-dealkylation sites (tertiary alicyclic amines) is 1. The second kappa shape index (κ2) is 13.0. The molecule has 3 fully saturated rings. The molecule has 0 aromatic heterocycles. The van der Waals surface area contributed by atoms with E-state index in [4.69, 9.17) is 9.29 Å². The first kappa shape index (κ1) is 26.4. The molecule has 1 aliphatic heterocycles. The van der Waals surface area contributed by atoms with E-state index in [0.717, 1.165) is 44.3 Å². The zero-order chi connectivity index (χ0) is 23.7. The van der Waals surface area contributed by atoms with Crippen LogP contribution in [0.2, 0.25) is 0 Å². The van der Waals surface area contributed by atoms with Crippen LogP contribution in [0, 0.1) is 5.92 Å². The van der Waals surface area contributed by atoms with Crippen LogP contribution in [0.25, 0.3) is 0 Å². The number of aliphatic hydroxyl groups excluding tert-OH is 1. The first-order valence-electron chi connectivity index (χ1n) is 12.7. The highest BCUT2D eigenvalue weighted by molar-refractivity contribution is 7.83. The standard InChI is InChI=1S/C19H29NO2.C6H13NO3S/c1-22-16-11-9-15(10-12-16)19(20-13-5-2-6-14-20)17-7-3-4-8-18(17)21;8-11(9,10)7-6-4-2-1-3-5-6/h9-12,17-19,21H,2-8,13-14H2,1H3;6-7H,1-5H2,(H,8,9,10). The number of hydrogen-bond acceptors (Lipinski definition) is 5. The molecule has 7 nitrogen and oxygen atoms in total. The maximum atomic E-state index is 10.6. The van der Waals surface area contributed by atoms with Gasteiger partial charge in [-0.25, -0.2) is 0 Å². The summed E-state index contributed by atoms with van der Waals surface area (Å²) in [6, 6.07) is 8.82. The third kappa shape index (κ3) is 8.51. The molecule has 0 radical (unpaired) electrons. The molecule has 4 rings (SSSR count). The molecule has 0 amide bonds. The van der Waals surface area contributed by atoms with Crippen molar-refractivity contribution in [2.24, 2.45) is 5.92 Å². The number of methoxy groups -OCH3 is 1. The molecule has 33 heavy (non-hydrogen) atoms. The molecule has 1 heterocycles. The fraction of sp³-hybridized carbons (Fsp3) is 0.760. The average Bonchev–Trinajstić information content (AvgIpc) is 2.82. The van der Waals surface area contributed by atoms with Crippen molar-refractivity contribution in [2.45, 2.75) is 95.2 Å². The Morgan fingerprint density at radius 2 is 1.48 bits per heavy atom. The zero-order valence-corrected chi connectivity index (χ0v) is 20.8. The van der Waals surface area contributed by atoms with Gasteiger partial charge in [-0.1, -0.05) is 50.7 Å². The fourth-order valence-corrected chi connectivity index (χ4v) is 6.32. The Morgan fingerprint density at radius 1 is 0.909 bits per heavy atom. The Labute approximate surface area is 199 Å². The van der Waals surface area contributed by atoms with Crippen LogP contribution >= 0.6 is 0 Å². The summed E-state index contributed by atoms with van der Waals surface area (Å²) in [4.78, 5) is 2.62. The second-order valence-electron chi connectivity index (χ2n) is 9.76. The minimum atomic E-state index is -3.97. The van der Waals surface area contributed by atoms with Gasteiger partial charge in [-0.3, -0.25) is 9.45 Å². The summed E-state index contributed by atoms with van der Waals surface area (Å²) >= 11 is 0. The van der Waals surface area contributed by atoms with E-state index in [1.807, 2.05) is 0 Å². The van der Waals surface area contributed by atoms with Crippen molar-refractivity contribution in [1.29, 1.82) is 0 Å². The molecule has 8 heteroatoms. The topological polar surface area (TPSA) is 99.1 Å². The van der Waals surface area contributed by atoms with E-state index in [9.17, 15) is 13.5 Å². The summed E-state index contributed by atoms with van der Waals surface area (Å²) in [6.45, 7) is 2.33. The molecule has 0 spiro atoms. The van der Waals surface area contributed by atoms with E-state index in [1.54, 1.807) is 7.11 Å². The van der Waals surface area contributed by atoms with Crippen molar-refractivity contribution in [3.8, 4) is 5.75 Å². The van der Waals surface area contributed by atoms with Crippen LogP contribution in [0.1, 0.15) is 88.7 Å². The summed E-state index contributed by atoms with van der Waals surface area (Å²) in [6.07, 6.45) is 13.3. The highest BCUT2D eigenvalue weighted by atomic mass is 32.2. The van der Waals surface area contributed by atoms with Gasteiger partial charge in [-0.2, -0.15) is 13.1 Å². The van der Waals surface area contributed by atoms with Crippen molar-refractivity contribution in [3.63, 3.8) is 0 Å². The lowest BCUT2D eigenvalue weighted by atomic mass is 9.78. The van der Waals surface area contributed by atoms with E-state index in [2.05, 4.69) is 33.9 Å². The molecule has 2 aliphatic carbocycles. The molecule has 1 aromatic rings. The number of piperidine rings is 1. The van der Waals surface area contributed by atoms with Gasteiger partial charge in [-0.15, -0.1) is 0 Å². The molecule has 1 aromatic carbocycles. The molecule has 188 valence electrons. The van der Waals surface area contributed by atoms with E-state index in [0.29, 0.717) is 12.0 Å². The van der Waals surface area contributed by atoms with Gasteiger partial charge in [0.2, 0.25) is 0 Å². The minimum Gasteiger partial charge on any atom is -0.497 e. The van der Waals surface area contributed by atoms with E-state index >= 15 is 0 Å². The molecule has 1 saturated heterocycles. The molecule has 3 aliphatic rings. The molecule has 3 atom stereocenters. The molecule has 3 unspecified atom stereocenters. The van der Waals surface area contributed by atoms with E-state index < -0.39 is 10.3 Å². The van der Waals surface area contributed by atoms with Gasteiger partial charge < -0.3 is 9.84 Å². The van der Waals surface area contributed by atoms with E-state index in [-0.39, 0.29) is 12.1 Å². The maximum absolute atomic E-state index is 10.6. The van der Waals surface area contributed by atoms with Crippen LogP contribution in [-0.4, -0.2) is 55.3 Å². The van der Waals surface area contributed by atoms with Gasteiger partial charge in [0.15, 0.2) is 0 Å². The lowest BCUT2D eigenvalue weighted by Crippen LogP contribution is -2.42. The van der Waals surface area contributed by atoms with Crippen molar-refractivity contribution in [3.05, 3.63) is 29.8 Å². The summed E-state index contributed by atoms with van der Waals surface area (Å²) in [5.74, 6) is 1.28. The fourth-order valence-electron chi connectivity index (χ4n) is 5.67. The molecule has 3 N–H and O–H groups in total. The normalized spacial score (nSPS) is 26.2. The quantitative estimate of drug-likeness (QED) is 0.517. The Morgan fingerprint density at radius 3 is 2.06 bits per heavy atom. The number of benzene rings is 1. The molecule has 2 saturated carbocycles. The number of aliphatic hydroxyl groups is 1. The summed E-state index contributed by atoms with van der Waals surface area (Å²) in [5, 5.41) is 10.6. The highest BCUT2D eigenvalue weighted by Gasteiger charge is 2.35.